The molecule has 3 heteroatoms. The van der Waals surface area contributed by atoms with Crippen molar-refractivity contribution in [2.45, 2.75) is 21.1 Å². The second-order valence-electron chi connectivity index (χ2n) is 12.6. The van der Waals surface area contributed by atoms with Gasteiger partial charge in [0.25, 0.3) is 0 Å². The zero-order valence-corrected chi connectivity index (χ0v) is 28.8. The average molecular weight is 691 g/mol. The standard InChI is InChI=1S/C13H9.2C11H9.C5H5.CH2.2ClH.Zr/c1-3-7-12-10(5-1)9-11-6-2-4-8-13(11)12;2*1-9-5-4-7-10-6-2-3-8-11(9)10;1-2-4-5-3-1;;;;/h1-5,7-8H,9H2;2*2-8H,1H2;1-3H,4H2;1H2;2*1H;. The number of hydrogen-bond acceptors (Lipinski definition) is 0. The summed E-state index contributed by atoms with van der Waals surface area (Å²) in [6, 6.07) is 47.8. The molecule has 0 N–H and O–H groups in total. The summed E-state index contributed by atoms with van der Waals surface area (Å²) in [5.41, 5.74) is 8.65. The van der Waals surface area contributed by atoms with Gasteiger partial charge < -0.3 is 0 Å². The third-order valence-corrected chi connectivity index (χ3v) is 25.9. The maximum absolute atomic E-state index is 5.70. The topological polar surface area (TPSA) is 0 Å². The van der Waals surface area contributed by atoms with Crippen LogP contribution in [-0.2, 0) is 33.0 Å². The van der Waals surface area contributed by atoms with E-state index < -0.39 is 18.3 Å². The Kier molecular flexibility index (Phi) is 8.27. The van der Waals surface area contributed by atoms with Gasteiger partial charge in [-0.25, -0.2) is 0 Å². The van der Waals surface area contributed by atoms with Gasteiger partial charge in [-0.05, 0) is 0 Å². The molecule has 0 spiro atoms. The van der Waals surface area contributed by atoms with Crippen LogP contribution >= 0.6 is 24.8 Å². The van der Waals surface area contributed by atoms with Gasteiger partial charge in [-0.2, -0.15) is 0 Å². The molecule has 44 heavy (non-hydrogen) atoms. The summed E-state index contributed by atoms with van der Waals surface area (Å²) in [5.74, 6) is 0. The molecule has 0 fully saturated rings. The third-order valence-electron chi connectivity index (χ3n) is 10.2. The average Bonchev–Trinajstić information content (AvgIpc) is 3.71. The second-order valence-corrected chi connectivity index (χ2v) is 26.7. The number of hydrogen-bond donors (Lipinski definition) is 0. The van der Waals surface area contributed by atoms with Crippen LogP contribution in [0.15, 0.2) is 149 Å². The van der Waals surface area contributed by atoms with Gasteiger partial charge in [0.15, 0.2) is 0 Å². The predicted octanol–water partition coefficient (Wildman–Crippen LogP) is 10.4. The Bertz CT molecular complexity index is 2070. The molecule has 0 aromatic heterocycles. The SMILES string of the molecule is Cl.Cl.[CH2]=[Zr]([CH2]c1cccc2ccccc12)([CH2]c1cccc2ccccc12)([C]1=CC=CC1)[c]1cccc2c1Cc1ccccc1-2. The van der Waals surface area contributed by atoms with E-state index in [1.165, 1.54) is 54.9 Å². The van der Waals surface area contributed by atoms with Crippen molar-refractivity contribution < 1.29 is 18.3 Å². The molecule has 6 aromatic rings. The Morgan fingerprint density at radius 3 is 1.75 bits per heavy atom. The van der Waals surface area contributed by atoms with E-state index in [0.29, 0.717) is 0 Å². The number of benzene rings is 6. The van der Waals surface area contributed by atoms with Crippen LogP contribution in [0.4, 0.5) is 0 Å². The molecule has 2 aliphatic rings. The summed E-state index contributed by atoms with van der Waals surface area (Å²) in [7, 11) is 0. The quantitative estimate of drug-likeness (QED) is 0.163. The first kappa shape index (κ1) is 30.7. The summed E-state index contributed by atoms with van der Waals surface area (Å²) in [6.07, 6.45) is 9.10. The van der Waals surface area contributed by atoms with Gasteiger partial charge in [-0.1, -0.05) is 0 Å². The number of rotatable bonds is 6. The predicted molar refractivity (Wildman–Crippen MR) is 193 cm³/mol. The van der Waals surface area contributed by atoms with Crippen molar-refractivity contribution in [2.24, 2.45) is 0 Å². The van der Waals surface area contributed by atoms with E-state index in [2.05, 4.69) is 146 Å². The molecule has 0 heterocycles. The molecule has 0 atom stereocenters. The van der Waals surface area contributed by atoms with Gasteiger partial charge in [0.1, 0.15) is 0 Å². The van der Waals surface area contributed by atoms with Gasteiger partial charge in [-0.3, -0.25) is 0 Å². The van der Waals surface area contributed by atoms with Crippen LogP contribution in [0.2, 0.25) is 0 Å². The van der Waals surface area contributed by atoms with Crippen molar-refractivity contribution in [1.29, 1.82) is 0 Å². The first-order valence-corrected chi connectivity index (χ1v) is 22.8. The maximum atomic E-state index is 5.70. The number of halogens is 2. The van der Waals surface area contributed by atoms with Crippen molar-refractivity contribution in [1.82, 2.24) is 0 Å². The van der Waals surface area contributed by atoms with Gasteiger partial charge in [0, 0.05) is 0 Å². The van der Waals surface area contributed by atoms with Crippen molar-refractivity contribution in [3.8, 4) is 11.1 Å². The van der Waals surface area contributed by atoms with E-state index in [1.54, 1.807) is 6.55 Å². The first-order chi connectivity index (χ1) is 20.6. The number of allylic oxidation sites excluding steroid dienone is 4. The van der Waals surface area contributed by atoms with E-state index >= 15 is 0 Å². The van der Waals surface area contributed by atoms with E-state index in [0.717, 1.165) is 21.1 Å². The molecule has 0 saturated carbocycles. The Labute approximate surface area is 273 Å². The molecular weight excluding hydrogens is 655 g/mol. The number of fused-ring (bicyclic) bond motifs is 5. The van der Waals surface area contributed by atoms with E-state index in [9.17, 15) is 0 Å². The molecule has 0 amide bonds. The minimum absolute atomic E-state index is 0. The minimum atomic E-state index is -4.45. The van der Waals surface area contributed by atoms with E-state index in [-0.39, 0.29) is 24.8 Å². The summed E-state index contributed by atoms with van der Waals surface area (Å²) in [6.45, 7) is 0. The first-order valence-electron chi connectivity index (χ1n) is 15.2. The molecule has 8 rings (SSSR count). The van der Waals surface area contributed by atoms with Crippen LogP contribution in [-0.4, -0.2) is 4.21 Å². The fourth-order valence-corrected chi connectivity index (χ4v) is 24.1. The summed E-state index contributed by atoms with van der Waals surface area (Å²) in [4.78, 5) is 0. The molecule has 0 nitrogen and oxygen atoms in total. The molecule has 6 aromatic carbocycles. The summed E-state index contributed by atoms with van der Waals surface area (Å²) < 4.78 is 10.9. The molecule has 218 valence electrons. The fraction of sp³-hybridized carbons (Fsp3) is 0.0976. The van der Waals surface area contributed by atoms with Crippen molar-refractivity contribution in [2.75, 3.05) is 0 Å². The van der Waals surface area contributed by atoms with Crippen LogP contribution in [0.1, 0.15) is 28.7 Å². The summed E-state index contributed by atoms with van der Waals surface area (Å²) >= 11 is -4.45. The normalized spacial score (nSPS) is 13.6. The third kappa shape index (κ3) is 4.82. The Morgan fingerprint density at radius 2 is 1.11 bits per heavy atom. The molecule has 0 radical (unpaired) electrons. The zero-order valence-electron chi connectivity index (χ0n) is 24.7. The van der Waals surface area contributed by atoms with E-state index in [4.69, 9.17) is 4.21 Å². The van der Waals surface area contributed by atoms with Crippen LogP contribution in [0.5, 0.6) is 0 Å². The van der Waals surface area contributed by atoms with Crippen molar-refractivity contribution in [3.05, 3.63) is 171 Å². The van der Waals surface area contributed by atoms with Crippen LogP contribution in [0, 0.1) is 0 Å². The van der Waals surface area contributed by atoms with Crippen LogP contribution in [0.25, 0.3) is 32.7 Å². The van der Waals surface area contributed by atoms with Crippen LogP contribution in [0.3, 0.4) is 0 Å². The zero-order chi connectivity index (χ0) is 28.2. The van der Waals surface area contributed by atoms with Crippen molar-refractivity contribution >= 4 is 53.8 Å². The molecule has 0 bridgehead atoms. The molecule has 0 unspecified atom stereocenters. The monoisotopic (exact) mass is 688 g/mol. The Balaban J connectivity index is 0.00000171. The van der Waals surface area contributed by atoms with Gasteiger partial charge >= 0.3 is 251 Å². The molecule has 2 aliphatic carbocycles. The summed E-state index contributed by atoms with van der Waals surface area (Å²) in [5, 5.41) is 5.36. The molecule has 0 saturated heterocycles. The van der Waals surface area contributed by atoms with E-state index in [1.807, 2.05) is 0 Å². The van der Waals surface area contributed by atoms with Gasteiger partial charge in [0.05, 0.1) is 0 Å². The van der Waals surface area contributed by atoms with Crippen LogP contribution < -0.4 is 3.27 Å². The Morgan fingerprint density at radius 1 is 0.568 bits per heavy atom. The van der Waals surface area contributed by atoms with Gasteiger partial charge in [0.2, 0.25) is 0 Å². The second kappa shape index (κ2) is 11.9. The fourth-order valence-electron chi connectivity index (χ4n) is 8.17. The van der Waals surface area contributed by atoms with Gasteiger partial charge in [-0.15, -0.1) is 24.8 Å². The molecule has 0 aliphatic heterocycles. The van der Waals surface area contributed by atoms with Crippen molar-refractivity contribution in [3.63, 3.8) is 0 Å². The molecular formula is C41H36Cl2Zr. The Hall–Kier alpha value is -3.35.